The first-order valence-electron chi connectivity index (χ1n) is 6.34. The Hall–Kier alpha value is -1.78. The molecule has 2 aromatic rings. The second kappa shape index (κ2) is 7.86. The van der Waals surface area contributed by atoms with E-state index in [1.807, 2.05) is 42.5 Å². The van der Waals surface area contributed by atoms with Crippen LogP contribution in [0, 0.1) is 0 Å². The topological polar surface area (TPSA) is 41.1 Å². The van der Waals surface area contributed by atoms with Crippen molar-refractivity contribution in [1.29, 1.82) is 0 Å². The summed E-state index contributed by atoms with van der Waals surface area (Å²) in [4.78, 5) is 11.6. The van der Waals surface area contributed by atoms with Crippen LogP contribution in [0.4, 0.5) is 4.79 Å². The highest BCUT2D eigenvalue weighted by molar-refractivity contribution is 9.10. The minimum absolute atomic E-state index is 0.254. The van der Waals surface area contributed by atoms with Gasteiger partial charge in [0.15, 0.2) is 0 Å². The van der Waals surface area contributed by atoms with Crippen LogP contribution in [0.5, 0.6) is 0 Å². The van der Waals surface area contributed by atoms with Gasteiger partial charge in [-0.3, -0.25) is 0 Å². The molecule has 2 rings (SSSR count). The number of hydrogen-bond donors (Lipinski definition) is 2. The molecule has 2 amide bonds. The van der Waals surface area contributed by atoms with Crippen LogP contribution in [0.2, 0.25) is 5.02 Å². The smallest absolute Gasteiger partial charge is 0.319 e. The molecule has 5 heteroatoms. The van der Waals surface area contributed by atoms with Crippen molar-refractivity contribution in [3.63, 3.8) is 0 Å². The SMILES string of the molecule is O=C(N/C=C/c1cccc(Cl)c1)NCc1ccc(Br)cc1. The van der Waals surface area contributed by atoms with Gasteiger partial charge in [-0.1, -0.05) is 51.8 Å². The van der Waals surface area contributed by atoms with E-state index in [0.717, 1.165) is 15.6 Å². The van der Waals surface area contributed by atoms with Gasteiger partial charge in [-0.15, -0.1) is 0 Å². The summed E-state index contributed by atoms with van der Waals surface area (Å²) in [5.74, 6) is 0. The molecule has 0 aliphatic carbocycles. The third kappa shape index (κ3) is 5.61. The largest absolute Gasteiger partial charge is 0.334 e. The van der Waals surface area contributed by atoms with E-state index < -0.39 is 0 Å². The molecule has 0 unspecified atom stereocenters. The van der Waals surface area contributed by atoms with E-state index in [9.17, 15) is 4.79 Å². The van der Waals surface area contributed by atoms with Crippen LogP contribution in [-0.4, -0.2) is 6.03 Å². The Kier molecular flexibility index (Phi) is 5.84. The van der Waals surface area contributed by atoms with Crippen molar-refractivity contribution in [2.75, 3.05) is 0 Å². The molecular formula is C16H14BrClN2O. The van der Waals surface area contributed by atoms with Gasteiger partial charge in [-0.2, -0.15) is 0 Å². The zero-order valence-corrected chi connectivity index (χ0v) is 13.5. The summed E-state index contributed by atoms with van der Waals surface area (Å²) in [5, 5.41) is 6.09. The molecule has 3 nitrogen and oxygen atoms in total. The Balaban J connectivity index is 1.78. The Bertz CT molecular complexity index is 641. The molecule has 0 saturated carbocycles. The maximum atomic E-state index is 11.6. The highest BCUT2D eigenvalue weighted by Gasteiger charge is 1.98. The molecule has 0 fully saturated rings. The van der Waals surface area contributed by atoms with Crippen molar-refractivity contribution >= 4 is 39.6 Å². The van der Waals surface area contributed by atoms with Crippen LogP contribution < -0.4 is 10.6 Å². The van der Waals surface area contributed by atoms with E-state index in [-0.39, 0.29) is 6.03 Å². The first-order chi connectivity index (χ1) is 10.1. The van der Waals surface area contributed by atoms with Crippen LogP contribution in [0.1, 0.15) is 11.1 Å². The number of rotatable bonds is 4. The summed E-state index contributed by atoms with van der Waals surface area (Å²) >= 11 is 9.25. The minimum Gasteiger partial charge on any atom is -0.334 e. The molecule has 0 aliphatic heterocycles. The number of nitrogens with one attached hydrogen (secondary N) is 2. The quantitative estimate of drug-likeness (QED) is 0.818. The maximum absolute atomic E-state index is 11.6. The first kappa shape index (κ1) is 15.6. The first-order valence-corrected chi connectivity index (χ1v) is 7.51. The lowest BCUT2D eigenvalue weighted by Gasteiger charge is -2.05. The van der Waals surface area contributed by atoms with E-state index in [1.54, 1.807) is 18.3 Å². The molecule has 2 N–H and O–H groups in total. The van der Waals surface area contributed by atoms with Crippen LogP contribution in [0.3, 0.4) is 0 Å². The molecule has 0 aromatic heterocycles. The molecule has 21 heavy (non-hydrogen) atoms. The summed E-state index contributed by atoms with van der Waals surface area (Å²) in [7, 11) is 0. The monoisotopic (exact) mass is 364 g/mol. The van der Waals surface area contributed by atoms with Gasteiger partial charge in [-0.25, -0.2) is 4.79 Å². The van der Waals surface area contributed by atoms with Crippen LogP contribution >= 0.6 is 27.5 Å². The van der Waals surface area contributed by atoms with E-state index >= 15 is 0 Å². The fourth-order valence-electron chi connectivity index (χ4n) is 1.66. The third-order valence-electron chi connectivity index (χ3n) is 2.71. The fourth-order valence-corrected chi connectivity index (χ4v) is 2.12. The summed E-state index contributed by atoms with van der Waals surface area (Å²) in [6.07, 6.45) is 3.37. The van der Waals surface area contributed by atoms with Crippen molar-refractivity contribution in [2.24, 2.45) is 0 Å². The summed E-state index contributed by atoms with van der Waals surface area (Å²) in [6.45, 7) is 0.476. The second-order valence-corrected chi connectivity index (χ2v) is 5.69. The van der Waals surface area contributed by atoms with Crippen LogP contribution in [-0.2, 0) is 6.54 Å². The lowest BCUT2D eigenvalue weighted by atomic mass is 10.2. The van der Waals surface area contributed by atoms with Crippen molar-refractivity contribution in [2.45, 2.75) is 6.54 Å². The van der Waals surface area contributed by atoms with E-state index in [0.29, 0.717) is 11.6 Å². The highest BCUT2D eigenvalue weighted by atomic mass is 79.9. The van der Waals surface area contributed by atoms with E-state index in [4.69, 9.17) is 11.6 Å². The van der Waals surface area contributed by atoms with E-state index in [2.05, 4.69) is 26.6 Å². The Morgan fingerprint density at radius 1 is 1.19 bits per heavy atom. The third-order valence-corrected chi connectivity index (χ3v) is 3.47. The van der Waals surface area contributed by atoms with E-state index in [1.165, 1.54) is 0 Å². The Labute approximate surface area is 137 Å². The zero-order chi connectivity index (χ0) is 15.1. The number of benzene rings is 2. The summed E-state index contributed by atoms with van der Waals surface area (Å²) in [6, 6.07) is 14.9. The highest BCUT2D eigenvalue weighted by Crippen LogP contribution is 2.11. The van der Waals surface area contributed by atoms with Crippen molar-refractivity contribution in [3.05, 3.63) is 75.4 Å². The number of carbonyl (C=O) groups excluding carboxylic acids is 1. The zero-order valence-electron chi connectivity index (χ0n) is 11.1. The molecule has 2 aromatic carbocycles. The van der Waals surface area contributed by atoms with Gasteiger partial charge in [0.1, 0.15) is 0 Å². The number of hydrogen-bond acceptors (Lipinski definition) is 1. The number of carbonyl (C=O) groups is 1. The normalized spacial score (nSPS) is 10.6. The molecule has 0 radical (unpaired) electrons. The number of amides is 2. The van der Waals surface area contributed by atoms with Gasteiger partial charge < -0.3 is 10.6 Å². The van der Waals surface area contributed by atoms with Crippen molar-refractivity contribution in [1.82, 2.24) is 10.6 Å². The predicted octanol–water partition coefficient (Wildman–Crippen LogP) is 4.57. The van der Waals surface area contributed by atoms with Crippen LogP contribution in [0.15, 0.2) is 59.2 Å². The number of halogens is 2. The second-order valence-electron chi connectivity index (χ2n) is 4.34. The molecule has 108 valence electrons. The lowest BCUT2D eigenvalue weighted by molar-refractivity contribution is 0.244. The standard InChI is InChI=1S/C16H14BrClN2O/c17-14-6-4-13(5-7-14)11-20-16(21)19-9-8-12-2-1-3-15(18)10-12/h1-10H,11H2,(H2,19,20,21)/b9-8+. The van der Waals surface area contributed by atoms with Gasteiger partial charge in [-0.05, 0) is 41.5 Å². The average molecular weight is 366 g/mol. The Morgan fingerprint density at radius 3 is 2.67 bits per heavy atom. The summed E-state index contributed by atoms with van der Waals surface area (Å²) in [5.41, 5.74) is 1.96. The predicted molar refractivity (Wildman–Crippen MR) is 90.0 cm³/mol. The molecule has 0 bridgehead atoms. The van der Waals surface area contributed by atoms with Gasteiger partial charge in [0.25, 0.3) is 0 Å². The molecule has 0 aliphatic rings. The van der Waals surface area contributed by atoms with Gasteiger partial charge >= 0.3 is 6.03 Å². The molecule has 0 heterocycles. The maximum Gasteiger partial charge on any atom is 0.319 e. The molecule has 0 saturated heterocycles. The Morgan fingerprint density at radius 2 is 1.95 bits per heavy atom. The van der Waals surface area contributed by atoms with Crippen molar-refractivity contribution < 1.29 is 4.79 Å². The fraction of sp³-hybridized carbons (Fsp3) is 0.0625. The van der Waals surface area contributed by atoms with Crippen LogP contribution in [0.25, 0.3) is 6.08 Å². The average Bonchev–Trinajstić information content (AvgIpc) is 2.47. The minimum atomic E-state index is -0.254. The molecule has 0 atom stereocenters. The number of urea groups is 1. The van der Waals surface area contributed by atoms with Crippen molar-refractivity contribution in [3.8, 4) is 0 Å². The van der Waals surface area contributed by atoms with Gasteiger partial charge in [0, 0.05) is 22.2 Å². The summed E-state index contributed by atoms with van der Waals surface area (Å²) < 4.78 is 1.01. The lowest BCUT2D eigenvalue weighted by Crippen LogP contribution is -2.31. The van der Waals surface area contributed by atoms with Gasteiger partial charge in [0.2, 0.25) is 0 Å². The molecule has 0 spiro atoms. The van der Waals surface area contributed by atoms with Gasteiger partial charge in [0.05, 0.1) is 0 Å². The molecular weight excluding hydrogens is 352 g/mol.